The van der Waals surface area contributed by atoms with E-state index in [9.17, 15) is 0 Å². The summed E-state index contributed by atoms with van der Waals surface area (Å²) in [6, 6.07) is 10.5. The SMILES string of the molecule is CC1CCC(NC2CCCCCC2)c2ccccc21. The lowest BCUT2D eigenvalue weighted by Crippen LogP contribution is -2.34. The second kappa shape index (κ2) is 6.09. The zero-order chi connectivity index (χ0) is 13.1. The minimum Gasteiger partial charge on any atom is -0.307 e. The van der Waals surface area contributed by atoms with Gasteiger partial charge in [0.15, 0.2) is 0 Å². The average Bonchev–Trinajstić information content (AvgIpc) is 2.71. The Hall–Kier alpha value is -0.820. The molecule has 0 bridgehead atoms. The van der Waals surface area contributed by atoms with Gasteiger partial charge in [0.2, 0.25) is 0 Å². The molecule has 1 N–H and O–H groups in total. The standard InChI is InChI=1S/C18H27N/c1-14-12-13-18(17-11-7-6-10-16(14)17)19-15-8-4-2-3-5-9-15/h6-7,10-11,14-15,18-19H,2-5,8-9,12-13H2,1H3. The molecule has 1 fully saturated rings. The second-order valence-corrected chi connectivity index (χ2v) is 6.52. The van der Waals surface area contributed by atoms with E-state index in [1.807, 2.05) is 0 Å². The zero-order valence-corrected chi connectivity index (χ0v) is 12.2. The smallest absolute Gasteiger partial charge is 0.0325 e. The minimum absolute atomic E-state index is 0.607. The van der Waals surface area contributed by atoms with Crippen molar-refractivity contribution in [3.05, 3.63) is 35.4 Å². The summed E-state index contributed by atoms with van der Waals surface area (Å²) < 4.78 is 0. The van der Waals surface area contributed by atoms with Crippen LogP contribution in [0, 0.1) is 0 Å². The van der Waals surface area contributed by atoms with Crippen molar-refractivity contribution in [3.8, 4) is 0 Å². The Labute approximate surface area is 117 Å². The molecule has 0 saturated heterocycles. The number of hydrogen-bond donors (Lipinski definition) is 1. The van der Waals surface area contributed by atoms with E-state index in [0.717, 1.165) is 12.0 Å². The highest BCUT2D eigenvalue weighted by molar-refractivity contribution is 5.35. The Balaban J connectivity index is 1.73. The zero-order valence-electron chi connectivity index (χ0n) is 12.2. The molecule has 2 unspecified atom stereocenters. The predicted molar refractivity (Wildman–Crippen MR) is 81.5 cm³/mol. The van der Waals surface area contributed by atoms with Gasteiger partial charge in [0, 0.05) is 12.1 Å². The van der Waals surface area contributed by atoms with E-state index in [1.165, 1.54) is 51.4 Å². The first-order chi connectivity index (χ1) is 9.34. The summed E-state index contributed by atoms with van der Waals surface area (Å²) in [5.74, 6) is 0.739. The van der Waals surface area contributed by atoms with Crippen molar-refractivity contribution < 1.29 is 0 Å². The molecule has 1 aromatic carbocycles. The quantitative estimate of drug-likeness (QED) is 0.740. The lowest BCUT2D eigenvalue weighted by atomic mass is 9.80. The second-order valence-electron chi connectivity index (χ2n) is 6.52. The highest BCUT2D eigenvalue weighted by atomic mass is 15.0. The molecule has 0 radical (unpaired) electrons. The van der Waals surface area contributed by atoms with Gasteiger partial charge in [0.1, 0.15) is 0 Å². The van der Waals surface area contributed by atoms with E-state index >= 15 is 0 Å². The fourth-order valence-corrected chi connectivity index (χ4v) is 3.91. The lowest BCUT2D eigenvalue weighted by molar-refractivity contribution is 0.356. The van der Waals surface area contributed by atoms with Crippen molar-refractivity contribution in [2.45, 2.75) is 76.3 Å². The highest BCUT2D eigenvalue weighted by Gasteiger charge is 2.26. The van der Waals surface area contributed by atoms with E-state index in [4.69, 9.17) is 0 Å². The van der Waals surface area contributed by atoms with Crippen LogP contribution in [0.1, 0.15) is 81.4 Å². The van der Waals surface area contributed by atoms with Crippen molar-refractivity contribution in [2.75, 3.05) is 0 Å². The third-order valence-corrected chi connectivity index (χ3v) is 5.08. The van der Waals surface area contributed by atoms with Gasteiger partial charge in [-0.1, -0.05) is 56.9 Å². The van der Waals surface area contributed by atoms with Crippen molar-refractivity contribution in [1.82, 2.24) is 5.32 Å². The summed E-state index contributed by atoms with van der Waals surface area (Å²) in [7, 11) is 0. The Morgan fingerprint density at radius 1 is 0.842 bits per heavy atom. The van der Waals surface area contributed by atoms with Crippen LogP contribution in [0.15, 0.2) is 24.3 Å². The van der Waals surface area contributed by atoms with Gasteiger partial charge in [-0.25, -0.2) is 0 Å². The summed E-state index contributed by atoms with van der Waals surface area (Å²) in [4.78, 5) is 0. The van der Waals surface area contributed by atoms with Crippen LogP contribution in [0.3, 0.4) is 0 Å². The Kier molecular flexibility index (Phi) is 4.22. The van der Waals surface area contributed by atoms with E-state index in [2.05, 4.69) is 36.5 Å². The van der Waals surface area contributed by atoms with Crippen molar-refractivity contribution in [2.24, 2.45) is 0 Å². The minimum atomic E-state index is 0.607. The Bertz CT molecular complexity index is 404. The van der Waals surface area contributed by atoms with Crippen LogP contribution in [-0.2, 0) is 0 Å². The Morgan fingerprint density at radius 3 is 2.26 bits per heavy atom. The molecule has 104 valence electrons. The van der Waals surface area contributed by atoms with Crippen molar-refractivity contribution in [1.29, 1.82) is 0 Å². The van der Waals surface area contributed by atoms with E-state index in [1.54, 1.807) is 11.1 Å². The van der Waals surface area contributed by atoms with Crippen LogP contribution in [0.25, 0.3) is 0 Å². The molecule has 0 spiro atoms. The molecule has 2 atom stereocenters. The largest absolute Gasteiger partial charge is 0.307 e. The van der Waals surface area contributed by atoms with E-state index < -0.39 is 0 Å². The first kappa shape index (κ1) is 13.2. The first-order valence-electron chi connectivity index (χ1n) is 8.19. The summed E-state index contributed by atoms with van der Waals surface area (Å²) in [6.07, 6.45) is 11.1. The van der Waals surface area contributed by atoms with Crippen LogP contribution in [0.5, 0.6) is 0 Å². The molecular weight excluding hydrogens is 230 g/mol. The molecule has 2 aliphatic carbocycles. The number of rotatable bonds is 2. The fourth-order valence-electron chi connectivity index (χ4n) is 3.91. The van der Waals surface area contributed by atoms with Crippen LogP contribution in [0.2, 0.25) is 0 Å². The highest BCUT2D eigenvalue weighted by Crippen LogP contribution is 2.37. The van der Waals surface area contributed by atoms with Gasteiger partial charge in [-0.3, -0.25) is 0 Å². The normalized spacial score (nSPS) is 28.7. The summed E-state index contributed by atoms with van der Waals surface area (Å²) in [5, 5.41) is 3.97. The maximum atomic E-state index is 3.97. The van der Waals surface area contributed by atoms with Gasteiger partial charge >= 0.3 is 0 Å². The van der Waals surface area contributed by atoms with Gasteiger partial charge in [-0.2, -0.15) is 0 Å². The molecule has 3 rings (SSSR count). The molecule has 0 aromatic heterocycles. The lowest BCUT2D eigenvalue weighted by Gasteiger charge is -2.33. The maximum Gasteiger partial charge on any atom is 0.0325 e. The molecule has 0 heterocycles. The molecule has 19 heavy (non-hydrogen) atoms. The fraction of sp³-hybridized carbons (Fsp3) is 0.667. The molecule has 1 saturated carbocycles. The van der Waals surface area contributed by atoms with E-state index in [0.29, 0.717) is 6.04 Å². The summed E-state index contributed by atoms with van der Waals surface area (Å²) in [5.41, 5.74) is 3.16. The van der Waals surface area contributed by atoms with Crippen LogP contribution >= 0.6 is 0 Å². The van der Waals surface area contributed by atoms with E-state index in [-0.39, 0.29) is 0 Å². The topological polar surface area (TPSA) is 12.0 Å². The number of fused-ring (bicyclic) bond motifs is 1. The van der Waals surface area contributed by atoms with Gasteiger partial charge in [0.05, 0.1) is 0 Å². The third-order valence-electron chi connectivity index (χ3n) is 5.08. The first-order valence-corrected chi connectivity index (χ1v) is 8.19. The summed E-state index contributed by atoms with van der Waals surface area (Å²) >= 11 is 0. The van der Waals surface area contributed by atoms with Gasteiger partial charge in [-0.05, 0) is 42.7 Å². The maximum absolute atomic E-state index is 3.97. The molecule has 1 heteroatoms. The average molecular weight is 257 g/mol. The molecular formula is C18H27N. The van der Waals surface area contributed by atoms with Crippen LogP contribution in [-0.4, -0.2) is 6.04 Å². The molecule has 1 nitrogen and oxygen atoms in total. The van der Waals surface area contributed by atoms with Gasteiger partial charge in [0.25, 0.3) is 0 Å². The Morgan fingerprint density at radius 2 is 1.53 bits per heavy atom. The van der Waals surface area contributed by atoms with Gasteiger partial charge in [-0.15, -0.1) is 0 Å². The van der Waals surface area contributed by atoms with Crippen molar-refractivity contribution >= 4 is 0 Å². The third kappa shape index (κ3) is 3.02. The molecule has 1 aromatic rings. The number of benzene rings is 1. The molecule has 0 aliphatic heterocycles. The molecule has 2 aliphatic rings. The van der Waals surface area contributed by atoms with Crippen LogP contribution in [0.4, 0.5) is 0 Å². The number of nitrogens with one attached hydrogen (secondary N) is 1. The van der Waals surface area contributed by atoms with Crippen molar-refractivity contribution in [3.63, 3.8) is 0 Å². The van der Waals surface area contributed by atoms with Crippen LogP contribution < -0.4 is 5.32 Å². The number of hydrogen-bond acceptors (Lipinski definition) is 1. The molecule has 0 amide bonds. The monoisotopic (exact) mass is 257 g/mol. The predicted octanol–water partition coefficient (Wildman–Crippen LogP) is 4.94. The van der Waals surface area contributed by atoms with Gasteiger partial charge < -0.3 is 5.32 Å². The summed E-state index contributed by atoms with van der Waals surface area (Å²) in [6.45, 7) is 2.38.